The molecule has 3 aromatic rings. The van der Waals surface area contributed by atoms with Crippen molar-refractivity contribution < 1.29 is 0 Å². The molecule has 0 unspecified atom stereocenters. The smallest absolute Gasteiger partial charge is 0.0991 e. The fraction of sp³-hybridized carbons (Fsp3) is 0.240. The molecule has 1 aliphatic carbocycles. The van der Waals surface area contributed by atoms with Crippen LogP contribution in [-0.2, 0) is 6.54 Å². The van der Waals surface area contributed by atoms with E-state index >= 15 is 0 Å². The SMILES string of the molecule is N#Cc1ccc(CN2CCN(C3c4ccccc4-c4ccccc43)CC2)cc1. The van der Waals surface area contributed by atoms with E-state index < -0.39 is 0 Å². The maximum absolute atomic E-state index is 8.96. The van der Waals surface area contributed by atoms with Crippen molar-refractivity contribution in [3.05, 3.63) is 95.1 Å². The van der Waals surface area contributed by atoms with Crippen molar-refractivity contribution in [2.75, 3.05) is 26.2 Å². The highest BCUT2D eigenvalue weighted by molar-refractivity contribution is 5.78. The van der Waals surface area contributed by atoms with Gasteiger partial charge >= 0.3 is 0 Å². The summed E-state index contributed by atoms with van der Waals surface area (Å²) >= 11 is 0. The van der Waals surface area contributed by atoms with Gasteiger partial charge in [0.1, 0.15) is 0 Å². The molecule has 1 aliphatic heterocycles. The number of benzene rings is 3. The molecule has 0 N–H and O–H groups in total. The second-order valence-corrected chi connectivity index (χ2v) is 7.70. The van der Waals surface area contributed by atoms with Gasteiger partial charge in [0, 0.05) is 32.7 Å². The summed E-state index contributed by atoms with van der Waals surface area (Å²) in [4.78, 5) is 5.16. The third-order valence-electron chi connectivity index (χ3n) is 6.06. The van der Waals surface area contributed by atoms with E-state index in [0.29, 0.717) is 6.04 Å². The Morgan fingerprint density at radius 3 is 1.89 bits per heavy atom. The fourth-order valence-electron chi connectivity index (χ4n) is 4.64. The molecule has 1 fully saturated rings. The van der Waals surface area contributed by atoms with Crippen molar-refractivity contribution in [1.82, 2.24) is 9.80 Å². The van der Waals surface area contributed by atoms with Gasteiger partial charge in [-0.25, -0.2) is 0 Å². The minimum atomic E-state index is 0.379. The first kappa shape index (κ1) is 17.2. The van der Waals surface area contributed by atoms with E-state index in [4.69, 9.17) is 5.26 Å². The molecule has 0 aromatic heterocycles. The first-order chi connectivity index (χ1) is 13.8. The predicted octanol–water partition coefficient (Wildman–Crippen LogP) is 4.45. The predicted molar refractivity (Wildman–Crippen MR) is 112 cm³/mol. The highest BCUT2D eigenvalue weighted by atomic mass is 15.3. The van der Waals surface area contributed by atoms with Gasteiger partial charge in [0.15, 0.2) is 0 Å². The highest BCUT2D eigenvalue weighted by Crippen LogP contribution is 2.46. The average Bonchev–Trinajstić information content (AvgIpc) is 3.09. The zero-order chi connectivity index (χ0) is 18.9. The molecule has 0 amide bonds. The van der Waals surface area contributed by atoms with Gasteiger partial charge in [-0.3, -0.25) is 9.80 Å². The maximum Gasteiger partial charge on any atom is 0.0991 e. The average molecular weight is 365 g/mol. The third kappa shape index (κ3) is 3.01. The molecule has 3 heteroatoms. The first-order valence-corrected chi connectivity index (χ1v) is 9.97. The number of hydrogen-bond donors (Lipinski definition) is 0. The number of fused-ring (bicyclic) bond motifs is 3. The molecule has 3 nitrogen and oxygen atoms in total. The number of nitrogens with zero attached hydrogens (tertiary/aromatic N) is 3. The lowest BCUT2D eigenvalue weighted by Gasteiger charge is -2.38. The van der Waals surface area contributed by atoms with Gasteiger partial charge in [-0.05, 0) is 39.9 Å². The van der Waals surface area contributed by atoms with Gasteiger partial charge in [0.05, 0.1) is 17.7 Å². The van der Waals surface area contributed by atoms with Crippen LogP contribution in [0.3, 0.4) is 0 Å². The fourth-order valence-corrected chi connectivity index (χ4v) is 4.64. The van der Waals surface area contributed by atoms with Crippen LogP contribution in [0.1, 0.15) is 28.3 Å². The summed E-state index contributed by atoms with van der Waals surface area (Å²) in [5.74, 6) is 0. The summed E-state index contributed by atoms with van der Waals surface area (Å²) in [6, 6.07) is 28.3. The van der Waals surface area contributed by atoms with Crippen molar-refractivity contribution >= 4 is 0 Å². The lowest BCUT2D eigenvalue weighted by Crippen LogP contribution is -2.47. The molecule has 1 heterocycles. The summed E-state index contributed by atoms with van der Waals surface area (Å²) in [6.45, 7) is 5.24. The van der Waals surface area contributed by atoms with E-state index in [1.165, 1.54) is 27.8 Å². The Kier molecular flexibility index (Phi) is 4.44. The highest BCUT2D eigenvalue weighted by Gasteiger charge is 2.33. The van der Waals surface area contributed by atoms with Gasteiger partial charge in [-0.2, -0.15) is 5.26 Å². The van der Waals surface area contributed by atoms with E-state index in [0.717, 1.165) is 38.3 Å². The lowest BCUT2D eigenvalue weighted by molar-refractivity contribution is 0.106. The lowest BCUT2D eigenvalue weighted by atomic mass is 10.0. The van der Waals surface area contributed by atoms with Crippen molar-refractivity contribution in [2.24, 2.45) is 0 Å². The Labute approximate surface area is 166 Å². The van der Waals surface area contributed by atoms with E-state index in [1.807, 2.05) is 12.1 Å². The van der Waals surface area contributed by atoms with Crippen molar-refractivity contribution in [3.63, 3.8) is 0 Å². The molecule has 138 valence electrons. The Morgan fingerprint density at radius 1 is 0.750 bits per heavy atom. The van der Waals surface area contributed by atoms with Crippen LogP contribution in [0.5, 0.6) is 0 Å². The zero-order valence-corrected chi connectivity index (χ0v) is 15.9. The second-order valence-electron chi connectivity index (χ2n) is 7.70. The van der Waals surface area contributed by atoms with E-state index in [1.54, 1.807) is 0 Å². The van der Waals surface area contributed by atoms with Crippen molar-refractivity contribution in [3.8, 4) is 17.2 Å². The van der Waals surface area contributed by atoms with Crippen LogP contribution < -0.4 is 0 Å². The minimum absolute atomic E-state index is 0.379. The summed E-state index contributed by atoms with van der Waals surface area (Å²) < 4.78 is 0. The maximum atomic E-state index is 8.96. The molecule has 5 rings (SSSR count). The summed E-state index contributed by atoms with van der Waals surface area (Å²) in [7, 11) is 0. The van der Waals surface area contributed by atoms with Gasteiger partial charge in [-0.1, -0.05) is 60.7 Å². The van der Waals surface area contributed by atoms with Gasteiger partial charge in [0.2, 0.25) is 0 Å². The third-order valence-corrected chi connectivity index (χ3v) is 6.06. The molecule has 0 spiro atoms. The van der Waals surface area contributed by atoms with Crippen LogP contribution >= 0.6 is 0 Å². The molecule has 0 radical (unpaired) electrons. The monoisotopic (exact) mass is 365 g/mol. The molecule has 2 aliphatic rings. The van der Waals surface area contributed by atoms with E-state index in [-0.39, 0.29) is 0 Å². The standard InChI is InChI=1S/C25H23N3/c26-17-19-9-11-20(12-10-19)18-27-13-15-28(16-14-27)25-23-7-3-1-5-21(23)22-6-2-4-8-24(22)25/h1-12,25H,13-16,18H2. The molecule has 0 bridgehead atoms. The van der Waals surface area contributed by atoms with Crippen LogP contribution in [0.25, 0.3) is 11.1 Å². The molecular formula is C25H23N3. The van der Waals surface area contributed by atoms with E-state index in [2.05, 4.69) is 76.5 Å². The quantitative estimate of drug-likeness (QED) is 0.687. The van der Waals surface area contributed by atoms with Crippen LogP contribution in [0, 0.1) is 11.3 Å². The molecular weight excluding hydrogens is 342 g/mol. The second kappa shape index (κ2) is 7.24. The molecule has 0 atom stereocenters. The van der Waals surface area contributed by atoms with Crippen molar-refractivity contribution in [2.45, 2.75) is 12.6 Å². The number of piperazine rings is 1. The topological polar surface area (TPSA) is 30.3 Å². The summed E-state index contributed by atoms with van der Waals surface area (Å²) in [5.41, 5.74) is 7.69. The minimum Gasteiger partial charge on any atom is -0.297 e. The van der Waals surface area contributed by atoms with Gasteiger partial charge < -0.3 is 0 Å². The van der Waals surface area contributed by atoms with Crippen LogP contribution in [0.2, 0.25) is 0 Å². The Hall–Kier alpha value is -2.93. The van der Waals surface area contributed by atoms with Crippen LogP contribution in [0.4, 0.5) is 0 Å². The summed E-state index contributed by atoms with van der Waals surface area (Å²) in [5, 5.41) is 8.96. The van der Waals surface area contributed by atoms with Crippen LogP contribution in [-0.4, -0.2) is 36.0 Å². The normalized spacial score (nSPS) is 17.1. The molecule has 0 saturated carbocycles. The zero-order valence-electron chi connectivity index (χ0n) is 15.9. The number of hydrogen-bond acceptors (Lipinski definition) is 3. The first-order valence-electron chi connectivity index (χ1n) is 9.97. The summed E-state index contributed by atoms with van der Waals surface area (Å²) in [6.07, 6.45) is 0. The largest absolute Gasteiger partial charge is 0.297 e. The van der Waals surface area contributed by atoms with Gasteiger partial charge in [0.25, 0.3) is 0 Å². The molecule has 28 heavy (non-hydrogen) atoms. The Morgan fingerprint density at radius 2 is 1.32 bits per heavy atom. The Balaban J connectivity index is 1.31. The number of rotatable bonds is 3. The molecule has 3 aromatic carbocycles. The van der Waals surface area contributed by atoms with Crippen molar-refractivity contribution in [1.29, 1.82) is 5.26 Å². The molecule has 1 saturated heterocycles. The Bertz CT molecular complexity index is 979. The van der Waals surface area contributed by atoms with Gasteiger partial charge in [-0.15, -0.1) is 0 Å². The number of nitriles is 1. The van der Waals surface area contributed by atoms with E-state index in [9.17, 15) is 0 Å². The van der Waals surface area contributed by atoms with Crippen LogP contribution in [0.15, 0.2) is 72.8 Å².